The summed E-state index contributed by atoms with van der Waals surface area (Å²) in [5.41, 5.74) is 3.68. The molecule has 4 rings (SSSR count). The van der Waals surface area contributed by atoms with Crippen LogP contribution in [0.1, 0.15) is 29.1 Å². The lowest BCUT2D eigenvalue weighted by Gasteiger charge is -2.34. The Balaban J connectivity index is 1.35. The second-order valence-electron chi connectivity index (χ2n) is 7.91. The zero-order valence-corrected chi connectivity index (χ0v) is 17.0. The van der Waals surface area contributed by atoms with Crippen molar-refractivity contribution >= 4 is 17.5 Å². The molecule has 2 amide bonds. The van der Waals surface area contributed by atoms with Crippen LogP contribution in [0, 0.1) is 6.92 Å². The van der Waals surface area contributed by atoms with Crippen LogP contribution in [0.2, 0.25) is 0 Å². The van der Waals surface area contributed by atoms with Gasteiger partial charge in [0.15, 0.2) is 0 Å². The topological polar surface area (TPSA) is 77.8 Å². The lowest BCUT2D eigenvalue weighted by atomic mass is 10.1. The molecule has 0 bridgehead atoms. The minimum absolute atomic E-state index is 0.102. The van der Waals surface area contributed by atoms with Crippen LogP contribution in [0.25, 0.3) is 0 Å². The number of carbonyl (C=O) groups excluding carboxylic acids is 2. The molecule has 0 spiro atoms. The lowest BCUT2D eigenvalue weighted by molar-refractivity contribution is -0.134. The molecule has 7 nitrogen and oxygen atoms in total. The zero-order chi connectivity index (χ0) is 20.4. The highest BCUT2D eigenvalue weighted by Crippen LogP contribution is 2.27. The molecule has 7 heteroatoms. The van der Waals surface area contributed by atoms with E-state index < -0.39 is 6.04 Å². The molecule has 2 aromatic rings. The molecule has 2 N–H and O–H groups in total. The van der Waals surface area contributed by atoms with Crippen molar-refractivity contribution in [1.82, 2.24) is 15.5 Å². The first kappa shape index (κ1) is 19.5. The van der Waals surface area contributed by atoms with Crippen molar-refractivity contribution in [1.29, 1.82) is 0 Å². The summed E-state index contributed by atoms with van der Waals surface area (Å²) < 4.78 is 5.65. The maximum absolute atomic E-state index is 12.6. The summed E-state index contributed by atoms with van der Waals surface area (Å²) in [5, 5.41) is 5.84. The number of carbonyl (C=O) groups is 2. The van der Waals surface area contributed by atoms with Gasteiger partial charge >= 0.3 is 0 Å². The molecule has 1 fully saturated rings. The van der Waals surface area contributed by atoms with E-state index in [1.54, 1.807) is 0 Å². The second-order valence-corrected chi connectivity index (χ2v) is 7.91. The van der Waals surface area contributed by atoms with Gasteiger partial charge in [-0.3, -0.25) is 14.5 Å². The van der Waals surface area contributed by atoms with Crippen LogP contribution < -0.4 is 15.5 Å². The number of likely N-dealkylation sites (N-methyl/N-ethyl adjacent to an activating group) is 1. The van der Waals surface area contributed by atoms with Crippen LogP contribution in [0.3, 0.4) is 0 Å². The molecule has 154 valence electrons. The Kier molecular flexibility index (Phi) is 5.58. The normalized spacial score (nSPS) is 19.2. The smallest absolute Gasteiger partial charge is 0.237 e. The third kappa shape index (κ3) is 4.45. The standard InChI is InChI=1S/C22H28N4O3/c1-15-3-5-18(29-15)14-26-10-8-23-22(28)20(26)12-21(27)24-13-16-4-6-19-17(11-16)7-9-25(19)2/h3-6,11,20H,7-10,12-14H2,1-2H3,(H,23,28)(H,24,27). The van der Waals surface area contributed by atoms with Crippen LogP contribution >= 0.6 is 0 Å². The molecule has 1 unspecified atom stereocenters. The van der Waals surface area contributed by atoms with Crippen LogP contribution in [-0.2, 0) is 29.1 Å². The number of hydrogen-bond acceptors (Lipinski definition) is 5. The minimum atomic E-state index is -0.483. The minimum Gasteiger partial charge on any atom is -0.465 e. The maximum atomic E-state index is 12.6. The van der Waals surface area contributed by atoms with Gasteiger partial charge in [0.1, 0.15) is 11.5 Å². The first-order valence-electron chi connectivity index (χ1n) is 10.2. The van der Waals surface area contributed by atoms with Gasteiger partial charge in [0, 0.05) is 38.9 Å². The first-order chi connectivity index (χ1) is 14.0. The summed E-state index contributed by atoms with van der Waals surface area (Å²) in [7, 11) is 2.10. The Morgan fingerprint density at radius 1 is 1.28 bits per heavy atom. The van der Waals surface area contributed by atoms with Crippen molar-refractivity contribution in [3.05, 3.63) is 53.0 Å². The number of nitrogens with one attached hydrogen (secondary N) is 2. The molecule has 0 radical (unpaired) electrons. The van der Waals surface area contributed by atoms with E-state index in [0.717, 1.165) is 30.0 Å². The predicted octanol–water partition coefficient (Wildman–Crippen LogP) is 1.59. The fraction of sp³-hybridized carbons (Fsp3) is 0.455. The van der Waals surface area contributed by atoms with Crippen molar-refractivity contribution in [3.63, 3.8) is 0 Å². The molecular weight excluding hydrogens is 368 g/mol. The molecule has 1 aromatic carbocycles. The van der Waals surface area contributed by atoms with Crippen molar-refractivity contribution in [3.8, 4) is 0 Å². The Morgan fingerprint density at radius 2 is 2.14 bits per heavy atom. The number of nitrogens with zero attached hydrogens (tertiary/aromatic N) is 2. The number of anilines is 1. The molecule has 2 aliphatic rings. The van der Waals surface area contributed by atoms with Gasteiger partial charge in [-0.1, -0.05) is 12.1 Å². The van der Waals surface area contributed by atoms with E-state index in [9.17, 15) is 9.59 Å². The van der Waals surface area contributed by atoms with E-state index in [-0.39, 0.29) is 18.2 Å². The predicted molar refractivity (Wildman–Crippen MR) is 111 cm³/mol. The number of fused-ring (bicyclic) bond motifs is 1. The van der Waals surface area contributed by atoms with Crippen molar-refractivity contribution in [2.24, 2.45) is 0 Å². The molecule has 0 aliphatic carbocycles. The highest BCUT2D eigenvalue weighted by Gasteiger charge is 2.32. The van der Waals surface area contributed by atoms with E-state index in [1.807, 2.05) is 24.0 Å². The van der Waals surface area contributed by atoms with Gasteiger partial charge in [-0.05, 0) is 42.7 Å². The highest BCUT2D eigenvalue weighted by atomic mass is 16.3. The number of benzene rings is 1. The van der Waals surface area contributed by atoms with E-state index in [2.05, 4.69) is 40.8 Å². The third-order valence-corrected chi connectivity index (χ3v) is 5.74. The molecule has 1 aromatic heterocycles. The maximum Gasteiger partial charge on any atom is 0.237 e. The van der Waals surface area contributed by atoms with E-state index >= 15 is 0 Å². The summed E-state index contributed by atoms with van der Waals surface area (Å²) in [6.45, 7) is 5.21. The van der Waals surface area contributed by atoms with Crippen molar-refractivity contribution in [2.75, 3.05) is 31.6 Å². The quantitative estimate of drug-likeness (QED) is 0.775. The summed E-state index contributed by atoms with van der Waals surface area (Å²) in [6, 6.07) is 9.69. The molecule has 2 aliphatic heterocycles. The van der Waals surface area contributed by atoms with Crippen molar-refractivity contribution in [2.45, 2.75) is 38.9 Å². The van der Waals surface area contributed by atoms with Gasteiger partial charge < -0.3 is 20.0 Å². The second kappa shape index (κ2) is 8.29. The fourth-order valence-electron chi connectivity index (χ4n) is 4.12. The van der Waals surface area contributed by atoms with Crippen LogP contribution in [0.4, 0.5) is 5.69 Å². The average molecular weight is 396 g/mol. The molecule has 29 heavy (non-hydrogen) atoms. The SMILES string of the molecule is Cc1ccc(CN2CCNC(=O)C2CC(=O)NCc2ccc3c(c2)CCN3C)o1. The summed E-state index contributed by atoms with van der Waals surface area (Å²) in [5.74, 6) is 1.43. The lowest BCUT2D eigenvalue weighted by Crippen LogP contribution is -2.56. The van der Waals surface area contributed by atoms with Gasteiger partial charge in [0.25, 0.3) is 0 Å². The Hall–Kier alpha value is -2.80. The number of aryl methyl sites for hydroxylation is 1. The molecule has 1 atom stereocenters. The monoisotopic (exact) mass is 396 g/mol. The Morgan fingerprint density at radius 3 is 2.93 bits per heavy atom. The van der Waals surface area contributed by atoms with E-state index in [0.29, 0.717) is 26.2 Å². The summed E-state index contributed by atoms with van der Waals surface area (Å²) in [6.07, 6.45) is 1.18. The summed E-state index contributed by atoms with van der Waals surface area (Å²) >= 11 is 0. The van der Waals surface area contributed by atoms with Crippen LogP contribution in [0.5, 0.6) is 0 Å². The number of furan rings is 1. The average Bonchev–Trinajstić information content (AvgIpc) is 3.28. The molecule has 1 saturated heterocycles. The van der Waals surface area contributed by atoms with E-state index in [1.165, 1.54) is 11.3 Å². The Labute approximate surface area is 171 Å². The van der Waals surface area contributed by atoms with Gasteiger partial charge in [0.05, 0.1) is 19.0 Å². The van der Waals surface area contributed by atoms with Crippen molar-refractivity contribution < 1.29 is 14.0 Å². The number of piperazine rings is 1. The molecule has 3 heterocycles. The van der Waals surface area contributed by atoms with Crippen LogP contribution in [-0.4, -0.2) is 49.4 Å². The molecular formula is C22H28N4O3. The highest BCUT2D eigenvalue weighted by molar-refractivity contribution is 5.88. The van der Waals surface area contributed by atoms with E-state index in [4.69, 9.17) is 4.42 Å². The van der Waals surface area contributed by atoms with Crippen LogP contribution in [0.15, 0.2) is 34.7 Å². The third-order valence-electron chi connectivity index (χ3n) is 5.74. The largest absolute Gasteiger partial charge is 0.465 e. The van der Waals surface area contributed by atoms with Gasteiger partial charge in [0.2, 0.25) is 11.8 Å². The van der Waals surface area contributed by atoms with Gasteiger partial charge in [-0.15, -0.1) is 0 Å². The van der Waals surface area contributed by atoms with Gasteiger partial charge in [-0.2, -0.15) is 0 Å². The summed E-state index contributed by atoms with van der Waals surface area (Å²) in [4.78, 5) is 29.2. The first-order valence-corrected chi connectivity index (χ1v) is 10.2. The number of rotatable bonds is 6. The number of amides is 2. The zero-order valence-electron chi connectivity index (χ0n) is 17.0. The number of hydrogen-bond donors (Lipinski definition) is 2. The fourth-order valence-corrected chi connectivity index (χ4v) is 4.12. The van der Waals surface area contributed by atoms with Gasteiger partial charge in [-0.25, -0.2) is 0 Å². The Bertz CT molecular complexity index is 907. The molecule has 0 saturated carbocycles.